The summed E-state index contributed by atoms with van der Waals surface area (Å²) in [4.78, 5) is 56.5. The van der Waals surface area contributed by atoms with Crippen LogP contribution < -0.4 is 15.8 Å². The largest absolute Gasteiger partial charge is 0.416 e. The molecule has 3 heterocycles. The van der Waals surface area contributed by atoms with Crippen LogP contribution in [0.5, 0.6) is 0 Å². The van der Waals surface area contributed by atoms with Crippen molar-refractivity contribution in [3.8, 4) is 0 Å². The number of likely N-dealkylation sites (tertiary alicyclic amines) is 1. The molecule has 2 aliphatic heterocycles. The van der Waals surface area contributed by atoms with Gasteiger partial charge in [0.1, 0.15) is 17.4 Å². The Bertz CT molecular complexity index is 1380. The van der Waals surface area contributed by atoms with Crippen LogP contribution in [-0.2, 0) is 22.8 Å². The van der Waals surface area contributed by atoms with Crippen molar-refractivity contribution in [3.63, 3.8) is 0 Å². The van der Waals surface area contributed by atoms with Gasteiger partial charge in [0.15, 0.2) is 0 Å². The number of carbonyl (C=O) groups excluding carboxylic acids is 3. The molecule has 9 nitrogen and oxygen atoms in total. The normalized spacial score (nSPS) is 18.0. The minimum Gasteiger partial charge on any atom is -0.341 e. The predicted octanol–water partition coefficient (Wildman–Crippen LogP) is 2.59. The standard InChI is InChI=1S/C27H31F4N5O4/c1-16(2)22(32-23(38)19-13-17(27(29,30)31)5-7-20(19)28)24(39)35-11-9-26(10-12-35)25(40)34(4)15-36(26)18-6-8-21(37)33(3)14-18/h5-8,13-14,16,22H,9-12,15H2,1-4H3,(H,32,38)/t22-/m1/s1. The predicted molar refractivity (Wildman–Crippen MR) is 138 cm³/mol. The van der Waals surface area contributed by atoms with Crippen molar-refractivity contribution in [3.05, 3.63) is 63.8 Å². The monoisotopic (exact) mass is 565 g/mol. The Balaban J connectivity index is 1.52. The summed E-state index contributed by atoms with van der Waals surface area (Å²) in [5, 5.41) is 2.42. The van der Waals surface area contributed by atoms with Gasteiger partial charge in [-0.15, -0.1) is 0 Å². The van der Waals surface area contributed by atoms with Gasteiger partial charge in [0.25, 0.3) is 5.91 Å². The summed E-state index contributed by atoms with van der Waals surface area (Å²) < 4.78 is 55.1. The third kappa shape index (κ3) is 5.28. The first-order valence-electron chi connectivity index (χ1n) is 12.8. The van der Waals surface area contributed by atoms with E-state index in [0.717, 1.165) is 0 Å². The van der Waals surface area contributed by atoms with Gasteiger partial charge < -0.3 is 24.6 Å². The minimum absolute atomic E-state index is 0.109. The van der Waals surface area contributed by atoms with Gasteiger partial charge in [-0.25, -0.2) is 4.39 Å². The van der Waals surface area contributed by atoms with Crippen LogP contribution in [-0.4, -0.2) is 70.5 Å². The molecular weight excluding hydrogens is 534 g/mol. The minimum atomic E-state index is -4.77. The molecule has 2 saturated heterocycles. The third-order valence-corrected chi connectivity index (χ3v) is 7.66. The molecule has 4 rings (SSSR count). The summed E-state index contributed by atoms with van der Waals surface area (Å²) in [5.74, 6) is -3.30. The van der Waals surface area contributed by atoms with Crippen molar-refractivity contribution in [1.29, 1.82) is 0 Å². The maximum Gasteiger partial charge on any atom is 0.416 e. The van der Waals surface area contributed by atoms with E-state index in [0.29, 0.717) is 30.6 Å². The van der Waals surface area contributed by atoms with Gasteiger partial charge in [-0.2, -0.15) is 13.2 Å². The number of piperidine rings is 1. The van der Waals surface area contributed by atoms with Crippen LogP contribution in [0.15, 0.2) is 41.3 Å². The van der Waals surface area contributed by atoms with Crippen LogP contribution in [0.1, 0.15) is 42.6 Å². The van der Waals surface area contributed by atoms with Crippen molar-refractivity contribution >= 4 is 23.4 Å². The van der Waals surface area contributed by atoms with Gasteiger partial charge in [-0.1, -0.05) is 13.8 Å². The lowest BCUT2D eigenvalue weighted by atomic mass is 9.85. The molecule has 0 bridgehead atoms. The molecule has 0 saturated carbocycles. The van der Waals surface area contributed by atoms with Gasteiger partial charge >= 0.3 is 6.18 Å². The zero-order valence-corrected chi connectivity index (χ0v) is 22.6. The molecule has 2 aromatic rings. The number of hydrogen-bond acceptors (Lipinski definition) is 5. The van der Waals surface area contributed by atoms with E-state index in [1.165, 1.54) is 15.5 Å². The van der Waals surface area contributed by atoms with Crippen LogP contribution in [0, 0.1) is 11.7 Å². The van der Waals surface area contributed by atoms with Crippen molar-refractivity contribution in [2.45, 2.75) is 44.4 Å². The number of rotatable bonds is 5. The van der Waals surface area contributed by atoms with E-state index in [1.807, 2.05) is 4.90 Å². The van der Waals surface area contributed by atoms with Gasteiger partial charge in [0.05, 0.1) is 23.5 Å². The Hall–Kier alpha value is -3.90. The second-order valence-electron chi connectivity index (χ2n) is 10.7. The van der Waals surface area contributed by atoms with Crippen molar-refractivity contribution < 1.29 is 31.9 Å². The molecule has 1 N–H and O–H groups in total. The number of anilines is 1. The highest BCUT2D eigenvalue weighted by atomic mass is 19.4. The summed E-state index contributed by atoms with van der Waals surface area (Å²) in [6.07, 6.45) is -2.55. The highest BCUT2D eigenvalue weighted by molar-refractivity contribution is 5.98. The summed E-state index contributed by atoms with van der Waals surface area (Å²) in [7, 11) is 3.30. The molecule has 1 atom stereocenters. The van der Waals surface area contributed by atoms with Gasteiger partial charge in [0, 0.05) is 39.4 Å². The van der Waals surface area contributed by atoms with Gasteiger partial charge in [0.2, 0.25) is 17.4 Å². The topological polar surface area (TPSA) is 95.0 Å². The van der Waals surface area contributed by atoms with Crippen LogP contribution in [0.2, 0.25) is 0 Å². The SMILES string of the molecule is CC(C)[C@@H](NC(=O)c1cc(C(F)(F)F)ccc1F)C(=O)N1CCC2(CC1)C(=O)N(C)CN2c1ccc(=O)n(C)c1. The van der Waals surface area contributed by atoms with E-state index in [1.54, 1.807) is 45.1 Å². The highest BCUT2D eigenvalue weighted by Crippen LogP contribution is 2.39. The lowest BCUT2D eigenvalue weighted by Gasteiger charge is -2.44. The molecule has 1 aromatic carbocycles. The molecule has 0 radical (unpaired) electrons. The zero-order valence-electron chi connectivity index (χ0n) is 22.6. The van der Waals surface area contributed by atoms with Crippen LogP contribution in [0.25, 0.3) is 0 Å². The molecule has 1 spiro atoms. The van der Waals surface area contributed by atoms with E-state index in [4.69, 9.17) is 0 Å². The highest BCUT2D eigenvalue weighted by Gasteiger charge is 2.53. The fraction of sp³-hybridized carbons (Fsp3) is 0.481. The number of benzene rings is 1. The molecule has 3 amide bonds. The number of likely N-dealkylation sites (N-methyl/N-ethyl adjacent to an activating group) is 1. The van der Waals surface area contributed by atoms with Crippen LogP contribution >= 0.6 is 0 Å². The van der Waals surface area contributed by atoms with Crippen molar-refractivity contribution in [2.24, 2.45) is 13.0 Å². The van der Waals surface area contributed by atoms with E-state index < -0.39 is 52.4 Å². The molecule has 2 fully saturated rings. The number of halogens is 4. The van der Waals surface area contributed by atoms with Gasteiger partial charge in [-0.3, -0.25) is 19.2 Å². The maximum absolute atomic E-state index is 14.3. The Labute approximate surface area is 228 Å². The number of pyridine rings is 1. The van der Waals surface area contributed by atoms with E-state index in [-0.39, 0.29) is 37.4 Å². The average Bonchev–Trinajstić information content (AvgIpc) is 3.13. The van der Waals surface area contributed by atoms with Crippen molar-refractivity contribution in [2.75, 3.05) is 31.7 Å². The van der Waals surface area contributed by atoms with Crippen LogP contribution in [0.4, 0.5) is 23.2 Å². The molecular formula is C27H31F4N5O4. The number of carbonyl (C=O) groups is 3. The second-order valence-corrected chi connectivity index (χ2v) is 10.7. The fourth-order valence-corrected chi connectivity index (χ4v) is 5.34. The maximum atomic E-state index is 14.3. The molecule has 2 aliphatic rings. The lowest BCUT2D eigenvalue weighted by Crippen LogP contribution is -2.60. The Morgan fingerprint density at radius 1 is 1.02 bits per heavy atom. The van der Waals surface area contributed by atoms with Crippen molar-refractivity contribution in [1.82, 2.24) is 19.7 Å². The van der Waals surface area contributed by atoms with Crippen LogP contribution in [0.3, 0.4) is 0 Å². The molecule has 0 aliphatic carbocycles. The third-order valence-electron chi connectivity index (χ3n) is 7.66. The second kappa shape index (κ2) is 10.6. The van der Waals surface area contributed by atoms with Gasteiger partial charge in [-0.05, 0) is 43.0 Å². The lowest BCUT2D eigenvalue weighted by molar-refractivity contribution is -0.139. The molecule has 0 unspecified atom stereocenters. The average molecular weight is 566 g/mol. The molecule has 1 aromatic heterocycles. The number of amides is 3. The first-order valence-corrected chi connectivity index (χ1v) is 12.8. The molecule has 13 heteroatoms. The summed E-state index contributed by atoms with van der Waals surface area (Å²) >= 11 is 0. The smallest absolute Gasteiger partial charge is 0.341 e. The molecule has 40 heavy (non-hydrogen) atoms. The summed E-state index contributed by atoms with van der Waals surface area (Å²) in [6, 6.07) is 3.49. The Kier molecular flexibility index (Phi) is 7.70. The zero-order chi connectivity index (χ0) is 29.6. The Morgan fingerprint density at radius 2 is 1.68 bits per heavy atom. The summed E-state index contributed by atoms with van der Waals surface area (Å²) in [5.41, 5.74) is -2.42. The molecule has 216 valence electrons. The number of aromatic nitrogens is 1. The fourth-order valence-electron chi connectivity index (χ4n) is 5.34. The number of aryl methyl sites for hydroxylation is 1. The number of nitrogens with one attached hydrogen (secondary N) is 1. The number of nitrogens with zero attached hydrogens (tertiary/aromatic N) is 4. The van der Waals surface area contributed by atoms with E-state index >= 15 is 0 Å². The van der Waals surface area contributed by atoms with E-state index in [2.05, 4.69) is 5.32 Å². The first-order chi connectivity index (χ1) is 18.7. The number of alkyl halides is 3. The summed E-state index contributed by atoms with van der Waals surface area (Å²) in [6.45, 7) is 3.98. The number of hydrogen-bond donors (Lipinski definition) is 1. The Morgan fingerprint density at radius 3 is 2.25 bits per heavy atom. The quantitative estimate of drug-likeness (QED) is 0.563. The van der Waals surface area contributed by atoms with E-state index in [9.17, 15) is 36.7 Å². The first kappa shape index (κ1) is 29.1.